The Morgan fingerprint density at radius 1 is 1.33 bits per heavy atom. The van der Waals surface area contributed by atoms with E-state index in [9.17, 15) is 9.70 Å². The van der Waals surface area contributed by atoms with Crippen molar-refractivity contribution in [3.63, 3.8) is 0 Å². The number of nitrogens with one attached hydrogen (secondary N) is 2. The highest BCUT2D eigenvalue weighted by molar-refractivity contribution is 7.98. The predicted octanol–water partition coefficient (Wildman–Crippen LogP) is 1.21. The van der Waals surface area contributed by atoms with Gasteiger partial charge in [0, 0.05) is 5.75 Å². The van der Waals surface area contributed by atoms with Gasteiger partial charge in [0.2, 0.25) is 0 Å². The van der Waals surface area contributed by atoms with E-state index in [-0.39, 0.29) is 0 Å². The first-order valence-corrected chi connectivity index (χ1v) is 5.49. The summed E-state index contributed by atoms with van der Waals surface area (Å²) in [5.41, 5.74) is 2.69. The van der Waals surface area contributed by atoms with Gasteiger partial charge in [-0.05, 0) is 5.56 Å². The van der Waals surface area contributed by atoms with E-state index >= 15 is 0 Å². The lowest BCUT2D eigenvalue weighted by molar-refractivity contribution is -0.592. The highest BCUT2D eigenvalue weighted by Crippen LogP contribution is 2.17. The van der Waals surface area contributed by atoms with Gasteiger partial charge in [0.25, 0.3) is 0 Å². The van der Waals surface area contributed by atoms with Crippen LogP contribution in [-0.4, -0.2) is 16.4 Å². The van der Waals surface area contributed by atoms with Gasteiger partial charge in [0.1, 0.15) is 0 Å². The van der Waals surface area contributed by atoms with Gasteiger partial charge in [-0.25, -0.2) is 4.79 Å². The number of hydrazine groups is 1. The molecule has 2 amide bonds. The molecule has 0 radical (unpaired) electrons. The molecule has 1 fully saturated rings. The number of rotatable bonds is 3. The summed E-state index contributed by atoms with van der Waals surface area (Å²) in [5.74, 6) is 0.687. The fraction of sp³-hybridized carbons (Fsp3) is 0.222. The quantitative estimate of drug-likeness (QED) is 0.759. The second-order valence-corrected chi connectivity index (χ2v) is 4.13. The Kier molecular flexibility index (Phi) is 2.86. The Hall–Kier alpha value is -1.56. The third kappa shape index (κ3) is 2.47. The van der Waals surface area contributed by atoms with E-state index < -0.39 is 11.5 Å². The third-order valence-corrected chi connectivity index (χ3v) is 3.06. The second-order valence-electron chi connectivity index (χ2n) is 3.06. The van der Waals surface area contributed by atoms with Gasteiger partial charge in [-0.3, -0.25) is 5.32 Å². The van der Waals surface area contributed by atoms with Crippen LogP contribution in [0.3, 0.4) is 0 Å². The number of carbonyl (C=O) groups excluding carboxylic acids is 1. The van der Waals surface area contributed by atoms with Crippen molar-refractivity contribution in [3.05, 3.63) is 40.8 Å². The van der Waals surface area contributed by atoms with Gasteiger partial charge in [-0.15, -0.1) is 0 Å². The Morgan fingerprint density at radius 3 is 2.67 bits per heavy atom. The topological polar surface area (TPSA) is 61.2 Å². The molecule has 0 bridgehead atoms. The number of urea groups is 1. The summed E-state index contributed by atoms with van der Waals surface area (Å²) in [7, 11) is 0. The number of carbonyl (C=O) groups is 1. The van der Waals surface area contributed by atoms with E-state index in [1.807, 2.05) is 30.3 Å². The average molecular weight is 224 g/mol. The summed E-state index contributed by atoms with van der Waals surface area (Å²) in [6.07, 6.45) is 0. The van der Waals surface area contributed by atoms with E-state index in [4.69, 9.17) is 0 Å². The number of amides is 2. The molecule has 5 nitrogen and oxygen atoms in total. The largest absolute Gasteiger partial charge is 0.377 e. The van der Waals surface area contributed by atoms with E-state index in [1.54, 1.807) is 0 Å². The Labute approximate surface area is 90.8 Å². The predicted molar refractivity (Wildman–Crippen MR) is 56.8 cm³/mol. The van der Waals surface area contributed by atoms with Crippen LogP contribution in [0, 0.1) is 4.91 Å². The zero-order valence-electron chi connectivity index (χ0n) is 7.84. The van der Waals surface area contributed by atoms with Crippen molar-refractivity contribution in [3.8, 4) is 0 Å². The van der Waals surface area contributed by atoms with Gasteiger partial charge in [0.05, 0.1) is 4.91 Å². The first kappa shape index (κ1) is 9.97. The summed E-state index contributed by atoms with van der Waals surface area (Å²) in [5, 5.41) is 2.50. The van der Waals surface area contributed by atoms with E-state index in [2.05, 4.69) is 10.7 Å². The molecule has 1 aromatic rings. The van der Waals surface area contributed by atoms with Crippen LogP contribution in [0.5, 0.6) is 0 Å². The number of hydrogen-bond acceptors (Lipinski definition) is 3. The summed E-state index contributed by atoms with van der Waals surface area (Å²) in [6.45, 7) is 0. The van der Waals surface area contributed by atoms with Crippen LogP contribution >= 0.6 is 11.8 Å². The molecule has 0 aliphatic carbocycles. The Balaban J connectivity index is 1.89. The van der Waals surface area contributed by atoms with Crippen molar-refractivity contribution in [2.45, 2.75) is 11.3 Å². The first-order chi connectivity index (χ1) is 7.25. The molecule has 2 N–H and O–H groups in total. The number of benzene rings is 1. The lowest BCUT2D eigenvalue weighted by Crippen LogP contribution is -2.25. The van der Waals surface area contributed by atoms with Gasteiger partial charge >= 0.3 is 11.5 Å². The first-order valence-electron chi connectivity index (χ1n) is 4.45. The molecule has 2 rings (SSSR count). The van der Waals surface area contributed by atoms with Crippen LogP contribution in [0.2, 0.25) is 0 Å². The molecule has 1 unspecified atom stereocenters. The van der Waals surface area contributed by atoms with Gasteiger partial charge in [0.15, 0.2) is 4.87 Å². The molecule has 1 aromatic carbocycles. The van der Waals surface area contributed by atoms with Gasteiger partial charge in [-0.2, -0.15) is 0 Å². The molecule has 1 heterocycles. The maximum atomic E-state index is 11.1. The lowest BCUT2D eigenvalue weighted by Gasteiger charge is -2.00. The van der Waals surface area contributed by atoms with Crippen LogP contribution < -0.4 is 10.7 Å². The van der Waals surface area contributed by atoms with Crippen LogP contribution in [0.1, 0.15) is 5.56 Å². The summed E-state index contributed by atoms with van der Waals surface area (Å²) in [6, 6.07) is 9.33. The van der Waals surface area contributed by atoms with E-state index in [1.165, 1.54) is 11.8 Å². The van der Waals surface area contributed by atoms with Crippen molar-refractivity contribution < 1.29 is 9.66 Å². The molecule has 1 saturated heterocycles. The maximum absolute atomic E-state index is 11.1. The molecule has 1 aliphatic rings. The fourth-order valence-corrected chi connectivity index (χ4v) is 2.14. The highest BCUT2D eigenvalue weighted by Gasteiger charge is 2.37. The maximum Gasteiger partial charge on any atom is 0.377 e. The monoisotopic (exact) mass is 224 g/mol. The molecular weight excluding hydrogens is 214 g/mol. The Bertz CT molecular complexity index is 382. The minimum absolute atomic E-state index is 0.449. The minimum Gasteiger partial charge on any atom is -0.261 e. The van der Waals surface area contributed by atoms with Gasteiger partial charge in [-0.1, -0.05) is 47.5 Å². The molecule has 0 saturated carbocycles. The van der Waals surface area contributed by atoms with Crippen molar-refractivity contribution in [1.82, 2.24) is 10.7 Å². The number of nitroso groups, excluding NO2 is 1. The number of hydrogen-bond donors (Lipinski definition) is 2. The standard InChI is InChI=1S/C9H9N3O2S/c13-8-10-9(12(14)11-8)15-6-7-4-2-1-3-5-7/h1-5,9H,6H2,(H-,10,11,13,14)/p+1. The van der Waals surface area contributed by atoms with Crippen molar-refractivity contribution in [1.29, 1.82) is 0 Å². The van der Waals surface area contributed by atoms with Crippen LogP contribution in [0.15, 0.2) is 30.3 Å². The minimum atomic E-state index is -0.544. The number of nitrogens with zero attached hydrogens (tertiary/aromatic N) is 1. The van der Waals surface area contributed by atoms with Crippen LogP contribution in [0.4, 0.5) is 4.79 Å². The molecule has 15 heavy (non-hydrogen) atoms. The van der Waals surface area contributed by atoms with Crippen molar-refractivity contribution in [2.24, 2.45) is 0 Å². The molecule has 6 heteroatoms. The molecule has 0 spiro atoms. The number of thioether (sulfide) groups is 1. The fourth-order valence-electron chi connectivity index (χ4n) is 1.22. The van der Waals surface area contributed by atoms with E-state index in [0.29, 0.717) is 10.6 Å². The lowest BCUT2D eigenvalue weighted by atomic mass is 10.2. The SMILES string of the molecule is O=C1NC(SCc2ccccc2)[N+](=O)N1. The normalized spacial score (nSPS) is 19.9. The average Bonchev–Trinajstić information content (AvgIpc) is 2.56. The zero-order chi connectivity index (χ0) is 10.7. The molecule has 78 valence electrons. The second kappa shape index (κ2) is 4.31. The van der Waals surface area contributed by atoms with Gasteiger partial charge < -0.3 is 0 Å². The molecular formula is C9H10N3O2S+. The summed E-state index contributed by atoms with van der Waals surface area (Å²) < 4.78 is 0. The van der Waals surface area contributed by atoms with Crippen LogP contribution in [-0.2, 0) is 5.75 Å². The van der Waals surface area contributed by atoms with Crippen molar-refractivity contribution in [2.75, 3.05) is 0 Å². The summed E-state index contributed by atoms with van der Waals surface area (Å²) in [4.78, 5) is 22.4. The zero-order valence-corrected chi connectivity index (χ0v) is 8.66. The summed E-state index contributed by atoms with van der Waals surface area (Å²) >= 11 is 1.37. The van der Waals surface area contributed by atoms with E-state index in [0.717, 1.165) is 5.56 Å². The molecule has 1 aliphatic heterocycles. The molecule has 1 atom stereocenters. The highest BCUT2D eigenvalue weighted by atomic mass is 32.2. The smallest absolute Gasteiger partial charge is 0.261 e. The third-order valence-electron chi connectivity index (χ3n) is 1.93. The molecule has 0 aromatic heterocycles. The van der Waals surface area contributed by atoms with Crippen LogP contribution in [0.25, 0.3) is 0 Å². The van der Waals surface area contributed by atoms with Crippen molar-refractivity contribution >= 4 is 17.8 Å². The Morgan fingerprint density at radius 2 is 2.07 bits per heavy atom.